The Hall–Kier alpha value is -6.06. The zero-order valence-corrected chi connectivity index (χ0v) is 33.5. The second-order valence-corrected chi connectivity index (χ2v) is 18.2. The minimum Gasteiger partial charge on any atom is -0.456 e. The predicted molar refractivity (Wildman–Crippen MR) is 236 cm³/mol. The van der Waals surface area contributed by atoms with Crippen LogP contribution in [0.4, 0.5) is 17.1 Å². The summed E-state index contributed by atoms with van der Waals surface area (Å²) in [5.41, 5.74) is 16.7. The Morgan fingerprint density at radius 2 is 1.11 bits per heavy atom. The van der Waals surface area contributed by atoms with Crippen LogP contribution >= 0.6 is 0 Å². The molecular formula is C53H47NO2. The van der Waals surface area contributed by atoms with Crippen LogP contribution in [0, 0.1) is 0 Å². The highest BCUT2D eigenvalue weighted by atomic mass is 16.3. The third-order valence-electron chi connectivity index (χ3n) is 12.1. The average molecular weight is 730 g/mol. The van der Waals surface area contributed by atoms with Crippen LogP contribution in [0.15, 0.2) is 148 Å². The summed E-state index contributed by atoms with van der Waals surface area (Å²) >= 11 is 0. The molecule has 0 N–H and O–H groups in total. The lowest BCUT2D eigenvalue weighted by Crippen LogP contribution is -2.17. The maximum Gasteiger partial charge on any atom is 0.137 e. The Labute approximate surface area is 329 Å². The van der Waals surface area contributed by atoms with Gasteiger partial charge in [0.1, 0.15) is 22.3 Å². The third-order valence-corrected chi connectivity index (χ3v) is 12.1. The molecule has 7 aromatic carbocycles. The van der Waals surface area contributed by atoms with Gasteiger partial charge in [-0.15, -0.1) is 0 Å². The fourth-order valence-electron chi connectivity index (χ4n) is 9.21. The minimum absolute atomic E-state index is 0.0131. The molecule has 3 nitrogen and oxygen atoms in total. The van der Waals surface area contributed by atoms with E-state index in [9.17, 15) is 0 Å². The maximum atomic E-state index is 6.74. The molecule has 0 saturated carbocycles. The van der Waals surface area contributed by atoms with E-state index < -0.39 is 0 Å². The van der Waals surface area contributed by atoms with E-state index in [1.54, 1.807) is 0 Å². The van der Waals surface area contributed by atoms with E-state index in [1.807, 2.05) is 0 Å². The number of nitrogens with zero attached hydrogens (tertiary/aromatic N) is 1. The van der Waals surface area contributed by atoms with Crippen molar-refractivity contribution in [1.29, 1.82) is 0 Å². The molecule has 56 heavy (non-hydrogen) atoms. The summed E-state index contributed by atoms with van der Waals surface area (Å²) in [5, 5.41) is 4.51. The SMILES string of the molecule is CC(C)(C)c1cc(C(C)(C)C)c2c(c1)oc1ccc(N(c3ccc4c(c3)C(C)(C)c3ccccc3-4)c3cccc4oc5cccc(-c6ccccc6)c5c34)cc12. The summed E-state index contributed by atoms with van der Waals surface area (Å²) in [5.74, 6) is 0. The maximum absolute atomic E-state index is 6.74. The summed E-state index contributed by atoms with van der Waals surface area (Å²) in [6.07, 6.45) is 0. The fraction of sp³-hybridized carbons (Fsp3) is 0.208. The van der Waals surface area contributed by atoms with Gasteiger partial charge in [-0.05, 0) is 110 Å². The molecule has 9 aromatic rings. The molecular weight excluding hydrogens is 683 g/mol. The van der Waals surface area contributed by atoms with E-state index in [1.165, 1.54) is 38.8 Å². The largest absolute Gasteiger partial charge is 0.456 e. The first-order valence-corrected chi connectivity index (χ1v) is 19.8. The minimum atomic E-state index is -0.153. The Morgan fingerprint density at radius 1 is 0.464 bits per heavy atom. The molecule has 2 aromatic heterocycles. The van der Waals surface area contributed by atoms with Crippen molar-refractivity contribution in [2.75, 3.05) is 4.90 Å². The van der Waals surface area contributed by atoms with Crippen LogP contribution in [0.5, 0.6) is 0 Å². The smallest absolute Gasteiger partial charge is 0.137 e. The molecule has 0 fully saturated rings. The highest BCUT2D eigenvalue weighted by Crippen LogP contribution is 2.52. The molecule has 0 saturated heterocycles. The molecule has 0 bridgehead atoms. The molecule has 3 heteroatoms. The summed E-state index contributed by atoms with van der Waals surface area (Å²) in [6.45, 7) is 18.5. The van der Waals surface area contributed by atoms with Gasteiger partial charge in [-0.25, -0.2) is 0 Å². The Kier molecular flexibility index (Phi) is 7.36. The van der Waals surface area contributed by atoms with E-state index >= 15 is 0 Å². The van der Waals surface area contributed by atoms with Gasteiger partial charge in [0.05, 0.1) is 11.1 Å². The molecule has 276 valence electrons. The second kappa shape index (κ2) is 12.0. The monoisotopic (exact) mass is 729 g/mol. The van der Waals surface area contributed by atoms with Crippen LogP contribution in [-0.4, -0.2) is 0 Å². The number of furan rings is 2. The number of rotatable bonds is 4. The van der Waals surface area contributed by atoms with E-state index in [4.69, 9.17) is 8.83 Å². The van der Waals surface area contributed by atoms with E-state index in [2.05, 4.69) is 200 Å². The van der Waals surface area contributed by atoms with Crippen LogP contribution in [0.25, 0.3) is 66.1 Å². The van der Waals surface area contributed by atoms with Crippen LogP contribution < -0.4 is 4.90 Å². The summed E-state index contributed by atoms with van der Waals surface area (Å²) in [6, 6.07) is 50.8. The molecule has 0 spiro atoms. The van der Waals surface area contributed by atoms with E-state index in [0.717, 1.165) is 66.7 Å². The molecule has 0 amide bonds. The van der Waals surface area contributed by atoms with Gasteiger partial charge >= 0.3 is 0 Å². The predicted octanol–water partition coefficient (Wildman–Crippen LogP) is 15.5. The van der Waals surface area contributed by atoms with Crippen molar-refractivity contribution in [3.8, 4) is 22.3 Å². The normalized spacial score (nSPS) is 13.9. The molecule has 10 rings (SSSR count). The van der Waals surface area contributed by atoms with Crippen molar-refractivity contribution in [3.63, 3.8) is 0 Å². The van der Waals surface area contributed by atoms with Crippen molar-refractivity contribution in [1.82, 2.24) is 0 Å². The quantitative estimate of drug-likeness (QED) is 0.181. The zero-order chi connectivity index (χ0) is 38.7. The van der Waals surface area contributed by atoms with E-state index in [0.29, 0.717) is 0 Å². The van der Waals surface area contributed by atoms with Crippen molar-refractivity contribution >= 4 is 60.9 Å². The topological polar surface area (TPSA) is 29.5 Å². The van der Waals surface area contributed by atoms with Gasteiger partial charge in [-0.1, -0.05) is 140 Å². The standard InChI is InChI=1S/C53H47NO2/c1-51(2,3)33-28-42(52(4,5)6)48-39-30-34(25-27-44(39)55-47(48)29-33)54(35-24-26-38-37-18-12-13-20-40(37)53(7,8)41(38)31-35)43-21-15-23-46-50(43)49-36(19-14-22-45(49)56-46)32-16-10-9-11-17-32/h9-31H,1-8H3. The number of hydrogen-bond acceptors (Lipinski definition) is 3. The molecule has 0 aliphatic heterocycles. The van der Waals surface area contributed by atoms with Crippen molar-refractivity contribution in [2.24, 2.45) is 0 Å². The van der Waals surface area contributed by atoms with Gasteiger partial charge in [-0.3, -0.25) is 0 Å². The second-order valence-electron chi connectivity index (χ2n) is 18.2. The van der Waals surface area contributed by atoms with Gasteiger partial charge in [0, 0.05) is 32.9 Å². The number of hydrogen-bond donors (Lipinski definition) is 0. The van der Waals surface area contributed by atoms with Gasteiger partial charge in [-0.2, -0.15) is 0 Å². The first kappa shape index (κ1) is 34.4. The van der Waals surface area contributed by atoms with Crippen LogP contribution in [-0.2, 0) is 16.2 Å². The number of benzene rings is 7. The highest BCUT2D eigenvalue weighted by Gasteiger charge is 2.36. The fourth-order valence-corrected chi connectivity index (χ4v) is 9.21. The molecule has 0 unspecified atom stereocenters. The van der Waals surface area contributed by atoms with Gasteiger partial charge < -0.3 is 13.7 Å². The Balaban J connectivity index is 1.28. The first-order chi connectivity index (χ1) is 26.8. The lowest BCUT2D eigenvalue weighted by molar-refractivity contribution is 0.569. The van der Waals surface area contributed by atoms with E-state index in [-0.39, 0.29) is 16.2 Å². The summed E-state index contributed by atoms with van der Waals surface area (Å²) in [7, 11) is 0. The van der Waals surface area contributed by atoms with Gasteiger partial charge in [0.15, 0.2) is 0 Å². The first-order valence-electron chi connectivity index (χ1n) is 19.8. The number of anilines is 3. The van der Waals surface area contributed by atoms with Crippen LogP contribution in [0.1, 0.15) is 77.6 Å². The molecule has 0 atom stereocenters. The summed E-state index contributed by atoms with van der Waals surface area (Å²) < 4.78 is 13.4. The third kappa shape index (κ3) is 5.17. The summed E-state index contributed by atoms with van der Waals surface area (Å²) in [4.78, 5) is 2.44. The molecule has 2 heterocycles. The average Bonchev–Trinajstić information content (AvgIpc) is 3.82. The van der Waals surface area contributed by atoms with Crippen LogP contribution in [0.2, 0.25) is 0 Å². The lowest BCUT2D eigenvalue weighted by atomic mass is 9.79. The van der Waals surface area contributed by atoms with Gasteiger partial charge in [0.2, 0.25) is 0 Å². The van der Waals surface area contributed by atoms with Crippen molar-refractivity contribution in [2.45, 2.75) is 71.6 Å². The van der Waals surface area contributed by atoms with Crippen molar-refractivity contribution < 1.29 is 8.83 Å². The molecule has 1 aliphatic rings. The Morgan fingerprint density at radius 3 is 1.88 bits per heavy atom. The number of fused-ring (bicyclic) bond motifs is 9. The molecule has 1 aliphatic carbocycles. The molecule has 0 radical (unpaired) electrons. The lowest BCUT2D eigenvalue weighted by Gasteiger charge is -2.29. The highest BCUT2D eigenvalue weighted by molar-refractivity contribution is 6.19. The van der Waals surface area contributed by atoms with Crippen molar-refractivity contribution in [3.05, 3.63) is 162 Å². The van der Waals surface area contributed by atoms with Gasteiger partial charge in [0.25, 0.3) is 0 Å². The zero-order valence-electron chi connectivity index (χ0n) is 33.5. The van der Waals surface area contributed by atoms with Crippen LogP contribution in [0.3, 0.4) is 0 Å². The Bertz CT molecular complexity index is 3020.